The van der Waals surface area contributed by atoms with Gasteiger partial charge in [-0.15, -0.1) is 11.3 Å². The Labute approximate surface area is 92.7 Å². The highest BCUT2D eigenvalue weighted by Gasteiger charge is 2.28. The zero-order valence-corrected chi connectivity index (χ0v) is 9.30. The SMILES string of the molecule is O=C(Cc1cccs1)N1CCCC1CF. The van der Waals surface area contributed by atoms with Crippen molar-refractivity contribution >= 4 is 17.2 Å². The quantitative estimate of drug-likeness (QED) is 0.775. The average molecular weight is 227 g/mol. The first-order chi connectivity index (χ1) is 7.31. The molecule has 0 saturated carbocycles. The minimum atomic E-state index is -0.407. The van der Waals surface area contributed by atoms with Gasteiger partial charge in [0.25, 0.3) is 0 Å². The van der Waals surface area contributed by atoms with Gasteiger partial charge in [-0.2, -0.15) is 0 Å². The van der Waals surface area contributed by atoms with Crippen molar-refractivity contribution in [1.29, 1.82) is 0 Å². The van der Waals surface area contributed by atoms with Gasteiger partial charge < -0.3 is 4.90 Å². The lowest BCUT2D eigenvalue weighted by molar-refractivity contribution is -0.131. The molecule has 0 spiro atoms. The summed E-state index contributed by atoms with van der Waals surface area (Å²) >= 11 is 1.58. The Bertz CT molecular complexity index is 325. The average Bonchev–Trinajstić information content (AvgIpc) is 2.86. The van der Waals surface area contributed by atoms with Crippen LogP contribution in [0.3, 0.4) is 0 Å². The van der Waals surface area contributed by atoms with Crippen molar-refractivity contribution < 1.29 is 9.18 Å². The van der Waals surface area contributed by atoms with E-state index in [0.29, 0.717) is 6.42 Å². The number of likely N-dealkylation sites (tertiary alicyclic amines) is 1. The van der Waals surface area contributed by atoms with E-state index in [1.54, 1.807) is 16.2 Å². The molecule has 4 heteroatoms. The number of thiophene rings is 1. The van der Waals surface area contributed by atoms with Gasteiger partial charge in [0.05, 0.1) is 12.5 Å². The van der Waals surface area contributed by atoms with Crippen LogP contribution in [-0.2, 0) is 11.2 Å². The normalized spacial score (nSPS) is 20.9. The lowest BCUT2D eigenvalue weighted by Crippen LogP contribution is -2.37. The second-order valence-electron chi connectivity index (χ2n) is 3.79. The molecule has 0 aromatic carbocycles. The highest BCUT2D eigenvalue weighted by atomic mass is 32.1. The van der Waals surface area contributed by atoms with Crippen LogP contribution in [0.4, 0.5) is 4.39 Å². The summed E-state index contributed by atoms with van der Waals surface area (Å²) in [6.07, 6.45) is 2.17. The Hall–Kier alpha value is -0.900. The van der Waals surface area contributed by atoms with E-state index in [4.69, 9.17) is 0 Å². The number of alkyl halides is 1. The van der Waals surface area contributed by atoms with E-state index in [1.165, 1.54) is 0 Å². The summed E-state index contributed by atoms with van der Waals surface area (Å²) < 4.78 is 12.6. The van der Waals surface area contributed by atoms with E-state index < -0.39 is 6.67 Å². The van der Waals surface area contributed by atoms with Crippen LogP contribution in [0, 0.1) is 0 Å². The summed E-state index contributed by atoms with van der Waals surface area (Å²) in [5.74, 6) is 0.0672. The van der Waals surface area contributed by atoms with Gasteiger partial charge in [-0.3, -0.25) is 4.79 Å². The fourth-order valence-corrected chi connectivity index (χ4v) is 2.68. The van der Waals surface area contributed by atoms with Crippen molar-refractivity contribution in [3.8, 4) is 0 Å². The molecule has 0 N–H and O–H groups in total. The number of nitrogens with zero attached hydrogens (tertiary/aromatic N) is 1. The first-order valence-corrected chi connectivity index (χ1v) is 6.07. The third-order valence-corrected chi connectivity index (χ3v) is 3.66. The summed E-state index contributed by atoms with van der Waals surface area (Å²) in [5, 5.41) is 1.96. The highest BCUT2D eigenvalue weighted by Crippen LogP contribution is 2.20. The zero-order chi connectivity index (χ0) is 10.7. The molecule has 1 aliphatic heterocycles. The molecule has 1 amide bonds. The Morgan fingerprint density at radius 3 is 3.20 bits per heavy atom. The first kappa shape index (κ1) is 10.6. The molecule has 0 radical (unpaired) electrons. The number of carbonyl (C=O) groups excluding carboxylic acids is 1. The predicted octanol–water partition coefficient (Wildman–Crippen LogP) is 2.25. The number of amides is 1. The molecule has 1 aromatic rings. The topological polar surface area (TPSA) is 20.3 Å². The van der Waals surface area contributed by atoms with Crippen LogP contribution in [0.2, 0.25) is 0 Å². The molecule has 2 heterocycles. The fraction of sp³-hybridized carbons (Fsp3) is 0.545. The molecule has 1 atom stereocenters. The standard InChI is InChI=1S/C11H14FNOS/c12-8-9-3-1-5-13(9)11(14)7-10-4-2-6-15-10/h2,4,6,9H,1,3,5,7-8H2. The predicted molar refractivity (Wildman–Crippen MR) is 58.7 cm³/mol. The van der Waals surface area contributed by atoms with E-state index in [1.807, 2.05) is 17.5 Å². The smallest absolute Gasteiger partial charge is 0.228 e. The lowest BCUT2D eigenvalue weighted by Gasteiger charge is -2.21. The summed E-state index contributed by atoms with van der Waals surface area (Å²) in [4.78, 5) is 14.6. The maximum atomic E-state index is 12.6. The van der Waals surface area contributed by atoms with Crippen LogP contribution in [0.25, 0.3) is 0 Å². The maximum absolute atomic E-state index is 12.6. The molecular weight excluding hydrogens is 213 g/mol. The van der Waals surface area contributed by atoms with Gasteiger partial charge in [0.15, 0.2) is 0 Å². The van der Waals surface area contributed by atoms with Crippen molar-refractivity contribution in [2.45, 2.75) is 25.3 Å². The highest BCUT2D eigenvalue weighted by molar-refractivity contribution is 7.10. The number of carbonyl (C=O) groups is 1. The third-order valence-electron chi connectivity index (χ3n) is 2.78. The van der Waals surface area contributed by atoms with E-state index in [-0.39, 0.29) is 11.9 Å². The molecule has 0 bridgehead atoms. The Morgan fingerprint density at radius 2 is 2.53 bits per heavy atom. The van der Waals surface area contributed by atoms with Crippen LogP contribution in [0.1, 0.15) is 17.7 Å². The van der Waals surface area contributed by atoms with Crippen molar-refractivity contribution in [3.05, 3.63) is 22.4 Å². The van der Waals surface area contributed by atoms with Gasteiger partial charge in [0.2, 0.25) is 5.91 Å². The van der Waals surface area contributed by atoms with E-state index in [9.17, 15) is 9.18 Å². The summed E-state index contributed by atoms with van der Waals surface area (Å²) in [7, 11) is 0. The van der Waals surface area contributed by atoms with Crippen LogP contribution < -0.4 is 0 Å². The maximum Gasteiger partial charge on any atom is 0.228 e. The molecule has 15 heavy (non-hydrogen) atoms. The van der Waals surface area contributed by atoms with Gasteiger partial charge in [0.1, 0.15) is 6.67 Å². The van der Waals surface area contributed by atoms with Crippen molar-refractivity contribution in [2.75, 3.05) is 13.2 Å². The number of rotatable bonds is 3. The van der Waals surface area contributed by atoms with E-state index >= 15 is 0 Å². The molecule has 1 saturated heterocycles. The Balaban J connectivity index is 1.96. The summed E-state index contributed by atoms with van der Waals surface area (Å²) in [6, 6.07) is 3.71. The van der Waals surface area contributed by atoms with Gasteiger partial charge in [-0.1, -0.05) is 6.07 Å². The molecule has 1 aliphatic rings. The van der Waals surface area contributed by atoms with E-state index in [2.05, 4.69) is 0 Å². The second-order valence-corrected chi connectivity index (χ2v) is 4.83. The fourth-order valence-electron chi connectivity index (χ4n) is 1.99. The van der Waals surface area contributed by atoms with E-state index in [0.717, 1.165) is 24.3 Å². The largest absolute Gasteiger partial charge is 0.337 e. The van der Waals surface area contributed by atoms with Crippen LogP contribution >= 0.6 is 11.3 Å². The molecule has 1 fully saturated rings. The minimum absolute atomic E-state index is 0.0672. The molecule has 2 rings (SSSR count). The molecular formula is C11H14FNOS. The minimum Gasteiger partial charge on any atom is -0.337 e. The third kappa shape index (κ3) is 2.37. The molecule has 2 nitrogen and oxygen atoms in total. The molecule has 0 aliphatic carbocycles. The van der Waals surface area contributed by atoms with Gasteiger partial charge in [-0.25, -0.2) is 4.39 Å². The van der Waals surface area contributed by atoms with Crippen LogP contribution in [-0.4, -0.2) is 30.1 Å². The Kier molecular flexibility index (Phi) is 3.36. The van der Waals surface area contributed by atoms with Gasteiger partial charge >= 0.3 is 0 Å². The Morgan fingerprint density at radius 1 is 1.67 bits per heavy atom. The summed E-state index contributed by atoms with van der Waals surface area (Å²) in [5.41, 5.74) is 0. The first-order valence-electron chi connectivity index (χ1n) is 5.19. The van der Waals surface area contributed by atoms with Crippen molar-refractivity contribution in [1.82, 2.24) is 4.90 Å². The second kappa shape index (κ2) is 4.75. The molecule has 82 valence electrons. The van der Waals surface area contributed by atoms with Gasteiger partial charge in [0, 0.05) is 11.4 Å². The number of hydrogen-bond donors (Lipinski definition) is 0. The summed E-state index contributed by atoms with van der Waals surface area (Å²) in [6.45, 7) is 0.314. The monoisotopic (exact) mass is 227 g/mol. The van der Waals surface area contributed by atoms with Crippen molar-refractivity contribution in [3.63, 3.8) is 0 Å². The lowest BCUT2D eigenvalue weighted by atomic mass is 10.2. The molecule has 1 unspecified atom stereocenters. The van der Waals surface area contributed by atoms with Gasteiger partial charge in [-0.05, 0) is 24.3 Å². The number of halogens is 1. The van der Waals surface area contributed by atoms with Crippen LogP contribution in [0.15, 0.2) is 17.5 Å². The molecule has 1 aromatic heterocycles. The zero-order valence-electron chi connectivity index (χ0n) is 8.49. The van der Waals surface area contributed by atoms with Crippen LogP contribution in [0.5, 0.6) is 0 Å². The van der Waals surface area contributed by atoms with Crippen molar-refractivity contribution in [2.24, 2.45) is 0 Å². The number of hydrogen-bond acceptors (Lipinski definition) is 2.